The molecule has 2 aromatic rings. The van der Waals surface area contributed by atoms with E-state index < -0.39 is 5.97 Å². The summed E-state index contributed by atoms with van der Waals surface area (Å²) in [7, 11) is 0. The van der Waals surface area contributed by atoms with Gasteiger partial charge in [0, 0.05) is 16.7 Å². The van der Waals surface area contributed by atoms with E-state index in [0.717, 1.165) is 10.2 Å². The summed E-state index contributed by atoms with van der Waals surface area (Å²) >= 11 is 3.44. The highest BCUT2D eigenvalue weighted by atomic mass is 79.9. The van der Waals surface area contributed by atoms with Crippen LogP contribution in [0.15, 0.2) is 53.0 Å². The number of aromatic carboxylic acids is 1. The smallest absolute Gasteiger partial charge is 0.339 e. The van der Waals surface area contributed by atoms with Crippen molar-refractivity contribution in [3.63, 3.8) is 0 Å². The molecule has 2 N–H and O–H groups in total. The number of ether oxygens (including phenoxy) is 1. The molecule has 2 rings (SSSR count). The van der Waals surface area contributed by atoms with Gasteiger partial charge in [-0.3, -0.25) is 0 Å². The van der Waals surface area contributed by atoms with E-state index >= 15 is 0 Å². The lowest BCUT2D eigenvalue weighted by Crippen LogP contribution is -2.13. The van der Waals surface area contributed by atoms with Crippen molar-refractivity contribution in [2.24, 2.45) is 0 Å². The molecule has 0 aliphatic heterocycles. The lowest BCUT2D eigenvalue weighted by molar-refractivity contribution is 0.0692. The summed E-state index contributed by atoms with van der Waals surface area (Å²) in [6, 6.07) is 14.4. The molecule has 0 atom stereocenters. The van der Waals surface area contributed by atoms with E-state index in [9.17, 15) is 4.79 Å². The van der Waals surface area contributed by atoms with Crippen molar-refractivity contribution in [3.05, 3.63) is 58.6 Å². The largest absolute Gasteiger partial charge is 0.491 e. The molecule has 0 unspecified atom stereocenters. The van der Waals surface area contributed by atoms with Crippen LogP contribution in [0.3, 0.4) is 0 Å². The van der Waals surface area contributed by atoms with Crippen LogP contribution in [0.4, 0.5) is 5.69 Å². The van der Waals surface area contributed by atoms with Crippen molar-refractivity contribution in [2.45, 2.75) is 0 Å². The number of benzene rings is 2. The molecule has 104 valence electrons. The van der Waals surface area contributed by atoms with Crippen molar-refractivity contribution < 1.29 is 14.6 Å². The molecule has 0 aliphatic carbocycles. The van der Waals surface area contributed by atoms with Gasteiger partial charge in [0.25, 0.3) is 0 Å². The normalized spacial score (nSPS) is 10.1. The van der Waals surface area contributed by atoms with Gasteiger partial charge < -0.3 is 15.2 Å². The van der Waals surface area contributed by atoms with Gasteiger partial charge in [0.1, 0.15) is 17.9 Å². The van der Waals surface area contributed by atoms with Crippen LogP contribution < -0.4 is 10.1 Å². The van der Waals surface area contributed by atoms with E-state index in [-0.39, 0.29) is 5.56 Å². The van der Waals surface area contributed by atoms with Crippen LogP contribution in [0.2, 0.25) is 0 Å². The Morgan fingerprint density at radius 3 is 2.60 bits per heavy atom. The third kappa shape index (κ3) is 3.74. The van der Waals surface area contributed by atoms with Crippen molar-refractivity contribution >= 4 is 27.6 Å². The van der Waals surface area contributed by atoms with Gasteiger partial charge in [-0.05, 0) is 40.2 Å². The minimum Gasteiger partial charge on any atom is -0.491 e. The first-order valence-corrected chi connectivity index (χ1v) is 6.91. The van der Waals surface area contributed by atoms with Crippen LogP contribution in [0, 0.1) is 0 Å². The molecule has 0 aliphatic rings. The van der Waals surface area contributed by atoms with E-state index in [4.69, 9.17) is 9.84 Å². The molecule has 0 bridgehead atoms. The predicted molar refractivity (Wildman–Crippen MR) is 81.5 cm³/mol. The zero-order valence-electron chi connectivity index (χ0n) is 10.7. The number of rotatable bonds is 6. The fraction of sp³-hybridized carbons (Fsp3) is 0.133. The number of anilines is 1. The summed E-state index contributed by atoms with van der Waals surface area (Å²) in [6.45, 7) is 0.961. The van der Waals surface area contributed by atoms with Gasteiger partial charge in [-0.2, -0.15) is 0 Å². The van der Waals surface area contributed by atoms with Crippen LogP contribution >= 0.6 is 15.9 Å². The molecule has 0 spiro atoms. The number of hydrogen-bond donors (Lipinski definition) is 2. The lowest BCUT2D eigenvalue weighted by Gasteiger charge is -2.11. The highest BCUT2D eigenvalue weighted by molar-refractivity contribution is 9.10. The van der Waals surface area contributed by atoms with Gasteiger partial charge in [0.2, 0.25) is 0 Å². The topological polar surface area (TPSA) is 58.6 Å². The Balaban J connectivity index is 1.88. The van der Waals surface area contributed by atoms with E-state index in [0.29, 0.717) is 18.9 Å². The molecule has 0 saturated carbocycles. The first-order valence-electron chi connectivity index (χ1n) is 6.12. The summed E-state index contributed by atoms with van der Waals surface area (Å²) in [5, 5.41) is 12.2. The molecule has 5 heteroatoms. The van der Waals surface area contributed by atoms with Gasteiger partial charge in [-0.1, -0.05) is 24.3 Å². The van der Waals surface area contributed by atoms with E-state index in [2.05, 4.69) is 21.2 Å². The van der Waals surface area contributed by atoms with Crippen molar-refractivity contribution in [3.8, 4) is 5.75 Å². The number of para-hydroxylation sites is 2. The van der Waals surface area contributed by atoms with Crippen LogP contribution in [0.5, 0.6) is 5.75 Å². The van der Waals surface area contributed by atoms with Crippen molar-refractivity contribution in [1.82, 2.24) is 0 Å². The summed E-state index contributed by atoms with van der Waals surface area (Å²) in [4.78, 5) is 11.0. The Labute approximate surface area is 125 Å². The summed E-state index contributed by atoms with van der Waals surface area (Å²) in [5.74, 6) is -0.603. The fourth-order valence-electron chi connectivity index (χ4n) is 1.72. The monoisotopic (exact) mass is 335 g/mol. The zero-order valence-corrected chi connectivity index (χ0v) is 12.3. The summed E-state index contributed by atoms with van der Waals surface area (Å²) in [5.41, 5.74) is 1.15. The average molecular weight is 336 g/mol. The first kappa shape index (κ1) is 14.4. The van der Waals surface area contributed by atoms with Gasteiger partial charge in [-0.15, -0.1) is 0 Å². The molecule has 0 radical (unpaired) electrons. The fourth-order valence-corrected chi connectivity index (χ4v) is 2.15. The highest BCUT2D eigenvalue weighted by Crippen LogP contribution is 2.21. The first-order chi connectivity index (χ1) is 9.68. The minimum atomic E-state index is -0.987. The molecule has 4 nitrogen and oxygen atoms in total. The maximum Gasteiger partial charge on any atom is 0.339 e. The van der Waals surface area contributed by atoms with Gasteiger partial charge in [-0.25, -0.2) is 4.79 Å². The maximum atomic E-state index is 11.0. The quantitative estimate of drug-likeness (QED) is 0.791. The Morgan fingerprint density at radius 2 is 1.85 bits per heavy atom. The second-order valence-electron chi connectivity index (χ2n) is 4.06. The van der Waals surface area contributed by atoms with Gasteiger partial charge in [0.05, 0.1) is 0 Å². The highest BCUT2D eigenvalue weighted by Gasteiger charge is 2.09. The van der Waals surface area contributed by atoms with Crippen LogP contribution in [-0.4, -0.2) is 24.2 Å². The summed E-state index contributed by atoms with van der Waals surface area (Å²) in [6.07, 6.45) is 0. The minimum absolute atomic E-state index is 0.174. The SMILES string of the molecule is O=C(O)c1ccccc1OCCNc1ccccc1Br. The molecule has 0 fully saturated rings. The van der Waals surface area contributed by atoms with Crippen LogP contribution in [0.1, 0.15) is 10.4 Å². The second-order valence-corrected chi connectivity index (χ2v) is 4.91. The molecule has 0 aromatic heterocycles. The van der Waals surface area contributed by atoms with Crippen molar-refractivity contribution in [2.75, 3.05) is 18.5 Å². The maximum absolute atomic E-state index is 11.0. The second kappa shape index (κ2) is 6.96. The molecular weight excluding hydrogens is 322 g/mol. The van der Waals surface area contributed by atoms with E-state index in [1.54, 1.807) is 18.2 Å². The van der Waals surface area contributed by atoms with Crippen molar-refractivity contribution in [1.29, 1.82) is 0 Å². The molecule has 0 heterocycles. The molecule has 0 amide bonds. The molecule has 20 heavy (non-hydrogen) atoms. The Morgan fingerprint density at radius 1 is 1.15 bits per heavy atom. The molecule has 2 aromatic carbocycles. The number of halogens is 1. The standard InChI is InChI=1S/C15H14BrNO3/c16-12-6-2-3-7-13(12)17-9-10-20-14-8-4-1-5-11(14)15(18)19/h1-8,17H,9-10H2,(H,18,19). The average Bonchev–Trinajstić information content (AvgIpc) is 2.45. The number of nitrogens with one attached hydrogen (secondary N) is 1. The van der Waals surface area contributed by atoms with Crippen LogP contribution in [-0.2, 0) is 0 Å². The lowest BCUT2D eigenvalue weighted by atomic mass is 10.2. The predicted octanol–water partition coefficient (Wildman–Crippen LogP) is 3.64. The summed E-state index contributed by atoms with van der Waals surface area (Å²) < 4.78 is 6.48. The van der Waals surface area contributed by atoms with Gasteiger partial charge in [0.15, 0.2) is 0 Å². The number of carbonyl (C=O) groups is 1. The van der Waals surface area contributed by atoms with E-state index in [1.165, 1.54) is 6.07 Å². The Bertz CT molecular complexity index is 601. The Kier molecular flexibility index (Phi) is 5.01. The third-order valence-corrected chi connectivity index (χ3v) is 3.36. The molecule has 0 saturated heterocycles. The zero-order chi connectivity index (χ0) is 14.4. The number of carboxylic acid groups (broad SMARTS) is 1. The Hall–Kier alpha value is -2.01. The third-order valence-electron chi connectivity index (χ3n) is 2.67. The molecular formula is C15H14BrNO3. The number of carboxylic acids is 1. The van der Waals surface area contributed by atoms with E-state index in [1.807, 2.05) is 24.3 Å². The van der Waals surface area contributed by atoms with Gasteiger partial charge >= 0.3 is 5.97 Å². The van der Waals surface area contributed by atoms with Crippen LogP contribution in [0.25, 0.3) is 0 Å². The number of hydrogen-bond acceptors (Lipinski definition) is 3.